The lowest BCUT2D eigenvalue weighted by atomic mass is 10.2. The molecule has 1 heterocycles. The summed E-state index contributed by atoms with van der Waals surface area (Å²) >= 11 is 1.59. The Kier molecular flexibility index (Phi) is 5.38. The molecule has 21 heavy (non-hydrogen) atoms. The number of thioether (sulfide) groups is 1. The van der Waals surface area contributed by atoms with E-state index in [4.69, 9.17) is 0 Å². The molecule has 2 rings (SSSR count). The third-order valence-corrected chi connectivity index (χ3v) is 4.31. The van der Waals surface area contributed by atoms with Crippen LogP contribution in [0.3, 0.4) is 0 Å². The van der Waals surface area contributed by atoms with Gasteiger partial charge in [-0.2, -0.15) is 0 Å². The molecule has 0 aromatic heterocycles. The van der Waals surface area contributed by atoms with E-state index in [1.807, 2.05) is 30.3 Å². The summed E-state index contributed by atoms with van der Waals surface area (Å²) in [7, 11) is 3.03. The molecule has 112 valence electrons. The van der Waals surface area contributed by atoms with Gasteiger partial charge in [0.15, 0.2) is 0 Å². The van der Waals surface area contributed by atoms with Gasteiger partial charge in [0.25, 0.3) is 0 Å². The summed E-state index contributed by atoms with van der Waals surface area (Å²) in [5.41, 5.74) is 1.04. The molecule has 0 aliphatic carbocycles. The monoisotopic (exact) mass is 306 g/mol. The van der Waals surface area contributed by atoms with E-state index in [0.717, 1.165) is 10.6 Å². The second-order valence-corrected chi connectivity index (χ2v) is 5.72. The number of likely N-dealkylation sites (N-methyl/N-ethyl adjacent to an activating group) is 1. The van der Waals surface area contributed by atoms with Crippen LogP contribution in [0.15, 0.2) is 35.3 Å². The summed E-state index contributed by atoms with van der Waals surface area (Å²) in [4.78, 5) is 29.4. The number of carbonyl (C=O) groups is 2. The maximum Gasteiger partial charge on any atom is 0.307 e. The fourth-order valence-electron chi connectivity index (χ4n) is 1.96. The molecular formula is C15H18N2O3S. The number of carbonyl (C=O) groups excluding carboxylic acids is 2. The first-order valence-electron chi connectivity index (χ1n) is 6.69. The van der Waals surface area contributed by atoms with Gasteiger partial charge in [-0.3, -0.25) is 14.6 Å². The van der Waals surface area contributed by atoms with Gasteiger partial charge in [-0.25, -0.2) is 0 Å². The molecule has 1 atom stereocenters. The molecule has 1 aliphatic heterocycles. The predicted octanol–water partition coefficient (Wildman–Crippen LogP) is 1.57. The van der Waals surface area contributed by atoms with Crippen LogP contribution in [0.2, 0.25) is 0 Å². The van der Waals surface area contributed by atoms with Crippen molar-refractivity contribution in [1.29, 1.82) is 0 Å². The summed E-state index contributed by atoms with van der Waals surface area (Å²) in [5.74, 6) is 0.271. The SMILES string of the molecule is COC(=O)CCN(C)C(=O)C1CSC(c2ccccc2)=N1. The number of nitrogens with zero attached hydrogens (tertiary/aromatic N) is 2. The molecule has 5 nitrogen and oxygen atoms in total. The largest absolute Gasteiger partial charge is 0.469 e. The van der Waals surface area contributed by atoms with Crippen LogP contribution in [0, 0.1) is 0 Å². The molecular weight excluding hydrogens is 288 g/mol. The molecule has 1 aromatic rings. The molecule has 0 spiro atoms. The second-order valence-electron chi connectivity index (χ2n) is 4.71. The van der Waals surface area contributed by atoms with Crippen molar-refractivity contribution >= 4 is 28.7 Å². The van der Waals surface area contributed by atoms with Crippen molar-refractivity contribution in [3.63, 3.8) is 0 Å². The predicted molar refractivity (Wildman–Crippen MR) is 83.5 cm³/mol. The molecule has 1 aliphatic rings. The number of methoxy groups -OCH3 is 1. The number of rotatable bonds is 5. The van der Waals surface area contributed by atoms with Crippen molar-refractivity contribution in [2.45, 2.75) is 12.5 Å². The first-order valence-corrected chi connectivity index (χ1v) is 7.68. The molecule has 0 bridgehead atoms. The van der Waals surface area contributed by atoms with Crippen LogP contribution in [-0.4, -0.2) is 54.3 Å². The van der Waals surface area contributed by atoms with Crippen LogP contribution in [0.25, 0.3) is 0 Å². The van der Waals surface area contributed by atoms with E-state index in [2.05, 4.69) is 9.73 Å². The van der Waals surface area contributed by atoms with Gasteiger partial charge in [0, 0.05) is 24.9 Å². The zero-order valence-electron chi connectivity index (χ0n) is 12.1. The summed E-state index contributed by atoms with van der Waals surface area (Å²) in [6.45, 7) is 0.350. The van der Waals surface area contributed by atoms with Crippen LogP contribution in [0.1, 0.15) is 12.0 Å². The summed E-state index contributed by atoms with van der Waals surface area (Å²) in [5, 5.41) is 0.898. The number of ether oxygens (including phenoxy) is 1. The van der Waals surface area contributed by atoms with Crippen molar-refractivity contribution in [3.05, 3.63) is 35.9 Å². The highest BCUT2D eigenvalue weighted by Crippen LogP contribution is 2.24. The van der Waals surface area contributed by atoms with E-state index in [1.54, 1.807) is 23.7 Å². The van der Waals surface area contributed by atoms with Crippen LogP contribution in [0.5, 0.6) is 0 Å². The number of amides is 1. The third kappa shape index (κ3) is 4.07. The molecule has 1 unspecified atom stereocenters. The van der Waals surface area contributed by atoms with E-state index in [1.165, 1.54) is 7.11 Å². The van der Waals surface area contributed by atoms with E-state index >= 15 is 0 Å². The molecule has 0 saturated carbocycles. The Balaban J connectivity index is 1.95. The quantitative estimate of drug-likeness (QED) is 0.775. The van der Waals surface area contributed by atoms with Crippen LogP contribution >= 0.6 is 11.8 Å². The van der Waals surface area contributed by atoms with E-state index in [0.29, 0.717) is 12.3 Å². The highest BCUT2D eigenvalue weighted by atomic mass is 32.2. The fraction of sp³-hybridized carbons (Fsp3) is 0.400. The highest BCUT2D eigenvalue weighted by Gasteiger charge is 2.28. The highest BCUT2D eigenvalue weighted by molar-refractivity contribution is 8.14. The van der Waals surface area contributed by atoms with Crippen molar-refractivity contribution in [2.75, 3.05) is 26.5 Å². The number of hydrogen-bond acceptors (Lipinski definition) is 5. The molecule has 0 N–H and O–H groups in total. The Labute approximate surface area is 128 Å². The Morgan fingerprint density at radius 3 is 2.76 bits per heavy atom. The zero-order valence-corrected chi connectivity index (χ0v) is 12.9. The lowest BCUT2D eigenvalue weighted by Gasteiger charge is -2.18. The average Bonchev–Trinajstić information content (AvgIpc) is 3.02. The first-order chi connectivity index (χ1) is 10.1. The smallest absolute Gasteiger partial charge is 0.307 e. The van der Waals surface area contributed by atoms with E-state index < -0.39 is 0 Å². The van der Waals surface area contributed by atoms with E-state index in [-0.39, 0.29) is 24.3 Å². The van der Waals surface area contributed by atoms with Gasteiger partial charge >= 0.3 is 5.97 Å². The van der Waals surface area contributed by atoms with Crippen LogP contribution < -0.4 is 0 Å². The second kappa shape index (κ2) is 7.26. The number of esters is 1. The summed E-state index contributed by atoms with van der Waals surface area (Å²) in [6, 6.07) is 9.46. The maximum atomic E-state index is 12.3. The van der Waals surface area contributed by atoms with Crippen LogP contribution in [-0.2, 0) is 14.3 Å². The minimum atomic E-state index is -0.368. The Morgan fingerprint density at radius 2 is 2.10 bits per heavy atom. The fourth-order valence-corrected chi connectivity index (χ4v) is 3.00. The maximum absolute atomic E-state index is 12.3. The molecule has 1 amide bonds. The van der Waals surface area contributed by atoms with E-state index in [9.17, 15) is 9.59 Å². The Bertz CT molecular complexity index is 545. The number of aliphatic imine (C=N–C) groups is 1. The topological polar surface area (TPSA) is 59.0 Å². The van der Waals surface area contributed by atoms with Gasteiger partial charge < -0.3 is 9.64 Å². The van der Waals surface area contributed by atoms with Crippen molar-refractivity contribution < 1.29 is 14.3 Å². The molecule has 1 aromatic carbocycles. The van der Waals surface area contributed by atoms with Gasteiger partial charge in [0.2, 0.25) is 5.91 Å². The van der Waals surface area contributed by atoms with Crippen LogP contribution in [0.4, 0.5) is 0 Å². The normalized spacial score (nSPS) is 17.2. The van der Waals surface area contributed by atoms with Gasteiger partial charge in [0.1, 0.15) is 6.04 Å². The third-order valence-electron chi connectivity index (χ3n) is 3.21. The number of hydrogen-bond donors (Lipinski definition) is 0. The van der Waals surface area contributed by atoms with Gasteiger partial charge in [-0.1, -0.05) is 30.3 Å². The molecule has 0 saturated heterocycles. The van der Waals surface area contributed by atoms with Crippen molar-refractivity contribution in [3.8, 4) is 0 Å². The Hall–Kier alpha value is -1.82. The lowest BCUT2D eigenvalue weighted by molar-refractivity contribution is -0.141. The van der Waals surface area contributed by atoms with Gasteiger partial charge in [-0.15, -0.1) is 11.8 Å². The van der Waals surface area contributed by atoms with Crippen molar-refractivity contribution in [1.82, 2.24) is 4.90 Å². The molecule has 0 radical (unpaired) electrons. The molecule has 6 heteroatoms. The average molecular weight is 306 g/mol. The number of benzene rings is 1. The first kappa shape index (κ1) is 15.6. The summed E-state index contributed by atoms with van der Waals surface area (Å²) in [6.07, 6.45) is 0.202. The molecule has 0 fully saturated rings. The Morgan fingerprint density at radius 1 is 1.38 bits per heavy atom. The van der Waals surface area contributed by atoms with Gasteiger partial charge in [0.05, 0.1) is 18.6 Å². The standard InChI is InChI=1S/C15H18N2O3S/c1-17(9-8-13(18)20-2)15(19)12-10-21-14(16-12)11-6-4-3-5-7-11/h3-7,12H,8-10H2,1-2H3. The van der Waals surface area contributed by atoms with Crippen molar-refractivity contribution in [2.24, 2.45) is 4.99 Å². The summed E-state index contributed by atoms with van der Waals surface area (Å²) < 4.78 is 4.57. The zero-order chi connectivity index (χ0) is 15.2. The lowest BCUT2D eigenvalue weighted by Crippen LogP contribution is -2.37. The van der Waals surface area contributed by atoms with Gasteiger partial charge in [-0.05, 0) is 0 Å². The minimum Gasteiger partial charge on any atom is -0.469 e. The minimum absolute atomic E-state index is 0.0580.